The lowest BCUT2D eigenvalue weighted by molar-refractivity contribution is -0.113. The van der Waals surface area contributed by atoms with Gasteiger partial charge in [0, 0.05) is 38.4 Å². The molecule has 0 saturated carbocycles. The topological polar surface area (TPSA) is 99.2 Å². The summed E-state index contributed by atoms with van der Waals surface area (Å²) in [5.41, 5.74) is 2.35. The number of rotatable bonds is 9. The fourth-order valence-electron chi connectivity index (χ4n) is 4.16. The molecule has 10 nitrogen and oxygen atoms in total. The van der Waals surface area contributed by atoms with Crippen molar-refractivity contribution in [2.45, 2.75) is 52.1 Å². The predicted molar refractivity (Wildman–Crippen MR) is 129 cm³/mol. The minimum Gasteiger partial charge on any atom is -0.379 e. The van der Waals surface area contributed by atoms with Gasteiger partial charge < -0.3 is 14.6 Å². The summed E-state index contributed by atoms with van der Waals surface area (Å²) in [6.45, 7) is 11.9. The van der Waals surface area contributed by atoms with Gasteiger partial charge in [-0.15, -0.1) is 10.2 Å². The first kappa shape index (κ1) is 23.5. The number of fused-ring (bicyclic) bond motifs is 1. The van der Waals surface area contributed by atoms with Crippen LogP contribution in [0.15, 0.2) is 28.2 Å². The van der Waals surface area contributed by atoms with Crippen molar-refractivity contribution in [1.82, 2.24) is 28.8 Å². The van der Waals surface area contributed by atoms with Crippen LogP contribution in [0.4, 0.5) is 5.69 Å². The van der Waals surface area contributed by atoms with Crippen molar-refractivity contribution in [2.24, 2.45) is 0 Å². The summed E-state index contributed by atoms with van der Waals surface area (Å²) in [4.78, 5) is 27.5. The largest absolute Gasteiger partial charge is 0.379 e. The molecule has 2 aromatic heterocycles. The molecule has 33 heavy (non-hydrogen) atoms. The molecular formula is C22H31N7O3S. The number of thioether (sulfide) groups is 1. The molecule has 3 aromatic rings. The average molecular weight is 474 g/mol. The van der Waals surface area contributed by atoms with Crippen molar-refractivity contribution in [1.29, 1.82) is 0 Å². The van der Waals surface area contributed by atoms with Crippen molar-refractivity contribution in [3.05, 3.63) is 34.5 Å². The van der Waals surface area contributed by atoms with E-state index in [1.807, 2.05) is 32.0 Å². The summed E-state index contributed by atoms with van der Waals surface area (Å²) < 4.78 is 10.9. The lowest BCUT2D eigenvalue weighted by Crippen LogP contribution is -2.36. The van der Waals surface area contributed by atoms with Gasteiger partial charge in [0.1, 0.15) is 5.82 Å². The highest BCUT2D eigenvalue weighted by atomic mass is 32.2. The van der Waals surface area contributed by atoms with Crippen LogP contribution >= 0.6 is 11.8 Å². The Morgan fingerprint density at radius 3 is 2.42 bits per heavy atom. The third kappa shape index (κ3) is 4.99. The average Bonchev–Trinajstić information content (AvgIpc) is 3.34. The SMILES string of the molecule is CCn1c(CN2CCOCC2)nnc1SCC(=O)Nc1ccc2c(c1)n(CC)c(=O)n2CC. The number of morpholine rings is 1. The Hall–Kier alpha value is -2.63. The fraction of sp³-hybridized carbons (Fsp3) is 0.545. The van der Waals surface area contributed by atoms with Gasteiger partial charge in [-0.05, 0) is 39.0 Å². The van der Waals surface area contributed by atoms with Crippen molar-refractivity contribution < 1.29 is 9.53 Å². The standard InChI is InChI=1S/C22H31N7O3S/c1-4-27-17-8-7-16(13-18(17)28(5-2)22(27)31)23-20(30)15-33-21-25-24-19(29(21)6-3)14-26-9-11-32-12-10-26/h7-8,13H,4-6,9-12,14-15H2,1-3H3,(H,23,30). The maximum atomic E-state index is 12.6. The first-order chi connectivity index (χ1) is 16.0. The molecule has 0 aliphatic carbocycles. The number of benzene rings is 1. The van der Waals surface area contributed by atoms with Gasteiger partial charge in [-0.25, -0.2) is 4.79 Å². The van der Waals surface area contributed by atoms with Crippen LogP contribution in [-0.2, 0) is 35.7 Å². The van der Waals surface area contributed by atoms with E-state index in [4.69, 9.17) is 4.74 Å². The molecule has 0 unspecified atom stereocenters. The lowest BCUT2D eigenvalue weighted by Gasteiger charge is -2.26. The van der Waals surface area contributed by atoms with Crippen molar-refractivity contribution in [3.8, 4) is 0 Å². The molecule has 3 heterocycles. The van der Waals surface area contributed by atoms with E-state index in [-0.39, 0.29) is 17.3 Å². The zero-order chi connectivity index (χ0) is 23.4. The van der Waals surface area contributed by atoms with Gasteiger partial charge in [0.25, 0.3) is 0 Å². The summed E-state index contributed by atoms with van der Waals surface area (Å²) in [6.07, 6.45) is 0. The summed E-state index contributed by atoms with van der Waals surface area (Å²) in [7, 11) is 0. The number of carbonyl (C=O) groups excluding carboxylic acids is 1. The van der Waals surface area contributed by atoms with Gasteiger partial charge in [0.05, 0.1) is 36.5 Å². The quantitative estimate of drug-likeness (QED) is 0.475. The van der Waals surface area contributed by atoms with E-state index >= 15 is 0 Å². The molecule has 0 spiro atoms. The van der Waals surface area contributed by atoms with Gasteiger partial charge in [0.2, 0.25) is 5.91 Å². The number of hydrogen-bond donors (Lipinski definition) is 1. The van der Waals surface area contributed by atoms with Gasteiger partial charge in [-0.3, -0.25) is 18.8 Å². The summed E-state index contributed by atoms with van der Waals surface area (Å²) in [6, 6.07) is 5.59. The summed E-state index contributed by atoms with van der Waals surface area (Å²) >= 11 is 1.38. The second kappa shape index (κ2) is 10.5. The molecule has 1 aliphatic heterocycles. The fourth-order valence-corrected chi connectivity index (χ4v) is 4.98. The molecular weight excluding hydrogens is 442 g/mol. The van der Waals surface area contributed by atoms with Crippen molar-refractivity contribution in [3.63, 3.8) is 0 Å². The number of amides is 1. The second-order valence-corrected chi connectivity index (χ2v) is 8.79. The molecule has 1 aromatic carbocycles. The molecule has 0 atom stereocenters. The monoisotopic (exact) mass is 473 g/mol. The van der Waals surface area contributed by atoms with Gasteiger partial charge in [-0.2, -0.15) is 0 Å². The molecule has 1 N–H and O–H groups in total. The predicted octanol–water partition coefficient (Wildman–Crippen LogP) is 2.02. The molecule has 1 fully saturated rings. The molecule has 178 valence electrons. The number of aromatic nitrogens is 5. The Morgan fingerprint density at radius 2 is 1.73 bits per heavy atom. The van der Waals surface area contributed by atoms with E-state index in [0.29, 0.717) is 18.8 Å². The first-order valence-electron chi connectivity index (χ1n) is 11.4. The van der Waals surface area contributed by atoms with E-state index in [9.17, 15) is 9.59 Å². The summed E-state index contributed by atoms with van der Waals surface area (Å²) in [5.74, 6) is 1.01. The number of imidazole rings is 1. The highest BCUT2D eigenvalue weighted by Gasteiger charge is 2.18. The minimum absolute atomic E-state index is 0.0270. The van der Waals surface area contributed by atoms with Crippen LogP contribution in [0.5, 0.6) is 0 Å². The van der Waals surface area contributed by atoms with Crippen LogP contribution in [0, 0.1) is 0 Å². The molecule has 0 radical (unpaired) electrons. The number of hydrogen-bond acceptors (Lipinski definition) is 7. The molecule has 1 amide bonds. The van der Waals surface area contributed by atoms with E-state index in [0.717, 1.165) is 61.4 Å². The lowest BCUT2D eigenvalue weighted by atomic mass is 10.2. The number of nitrogens with one attached hydrogen (secondary N) is 1. The first-order valence-corrected chi connectivity index (χ1v) is 12.4. The number of carbonyl (C=O) groups is 1. The van der Waals surface area contributed by atoms with Gasteiger partial charge >= 0.3 is 5.69 Å². The van der Waals surface area contributed by atoms with Crippen LogP contribution in [0.3, 0.4) is 0 Å². The van der Waals surface area contributed by atoms with Gasteiger partial charge in [0.15, 0.2) is 5.16 Å². The maximum Gasteiger partial charge on any atom is 0.329 e. The molecule has 4 rings (SSSR count). The number of ether oxygens (including phenoxy) is 1. The van der Waals surface area contributed by atoms with Crippen molar-refractivity contribution >= 4 is 34.4 Å². The van der Waals surface area contributed by atoms with Gasteiger partial charge in [-0.1, -0.05) is 11.8 Å². The Morgan fingerprint density at radius 1 is 1.03 bits per heavy atom. The van der Waals surface area contributed by atoms with Crippen LogP contribution in [-0.4, -0.2) is 66.8 Å². The molecule has 1 saturated heterocycles. The molecule has 0 bridgehead atoms. The van der Waals surface area contributed by atoms with Crippen molar-refractivity contribution in [2.75, 3.05) is 37.4 Å². The van der Waals surface area contributed by atoms with E-state index in [2.05, 4.69) is 31.9 Å². The van der Waals surface area contributed by atoms with Crippen LogP contribution < -0.4 is 11.0 Å². The molecule has 1 aliphatic rings. The second-order valence-electron chi connectivity index (χ2n) is 7.84. The number of nitrogens with zero attached hydrogens (tertiary/aromatic N) is 6. The normalized spacial score (nSPS) is 14.8. The van der Waals surface area contributed by atoms with E-state index in [1.54, 1.807) is 9.13 Å². The smallest absolute Gasteiger partial charge is 0.329 e. The number of aryl methyl sites for hydroxylation is 2. The third-order valence-electron chi connectivity index (χ3n) is 5.85. The highest BCUT2D eigenvalue weighted by Crippen LogP contribution is 2.21. The summed E-state index contributed by atoms with van der Waals surface area (Å²) in [5, 5.41) is 12.4. The Bertz CT molecular complexity index is 1180. The van der Waals surface area contributed by atoms with E-state index < -0.39 is 0 Å². The number of anilines is 1. The maximum absolute atomic E-state index is 12.6. The Labute approximate surface area is 196 Å². The Balaban J connectivity index is 1.41. The highest BCUT2D eigenvalue weighted by molar-refractivity contribution is 7.99. The van der Waals surface area contributed by atoms with E-state index in [1.165, 1.54) is 11.8 Å². The zero-order valence-electron chi connectivity index (χ0n) is 19.4. The van der Waals surface area contributed by atoms with Crippen LogP contribution in [0.1, 0.15) is 26.6 Å². The molecule has 11 heteroatoms. The Kier molecular flexibility index (Phi) is 7.51. The zero-order valence-corrected chi connectivity index (χ0v) is 20.2. The third-order valence-corrected chi connectivity index (χ3v) is 6.81. The van der Waals surface area contributed by atoms with Crippen LogP contribution in [0.2, 0.25) is 0 Å². The minimum atomic E-state index is -0.125. The van der Waals surface area contributed by atoms with Crippen LogP contribution in [0.25, 0.3) is 11.0 Å².